The Hall–Kier alpha value is -0.870. The lowest BCUT2D eigenvalue weighted by Gasteiger charge is -2.09. The molecule has 0 aliphatic carbocycles. The molecule has 0 spiro atoms. The molecule has 3 nitrogen and oxygen atoms in total. The molecule has 2 rings (SSSR count). The Morgan fingerprint density at radius 1 is 1.29 bits per heavy atom. The number of aliphatic hydroxyl groups is 1. The number of fused-ring (bicyclic) bond motifs is 1. The van der Waals surface area contributed by atoms with Gasteiger partial charge in [-0.1, -0.05) is 18.2 Å². The predicted octanol–water partition coefficient (Wildman–Crippen LogP) is 1.11. The lowest BCUT2D eigenvalue weighted by Crippen LogP contribution is -2.19. The van der Waals surface area contributed by atoms with Crippen molar-refractivity contribution in [1.82, 2.24) is 0 Å². The van der Waals surface area contributed by atoms with E-state index >= 15 is 0 Å². The van der Waals surface area contributed by atoms with Crippen LogP contribution in [0.25, 0.3) is 0 Å². The Labute approximate surface area is 83.3 Å². The van der Waals surface area contributed by atoms with Gasteiger partial charge < -0.3 is 5.11 Å². The second-order valence-electron chi connectivity index (χ2n) is 3.50. The van der Waals surface area contributed by atoms with E-state index in [2.05, 4.69) is 0 Å². The minimum Gasteiger partial charge on any atom is -0.377 e. The minimum absolute atomic E-state index is 0.296. The number of aryl methyl sites for hydroxylation is 1. The van der Waals surface area contributed by atoms with E-state index < -0.39 is 15.3 Å². The second kappa shape index (κ2) is 3.37. The van der Waals surface area contributed by atoms with Gasteiger partial charge in [-0.25, -0.2) is 8.42 Å². The first-order valence-corrected chi connectivity index (χ1v) is 6.17. The van der Waals surface area contributed by atoms with Crippen LogP contribution in [-0.2, 0) is 16.3 Å². The zero-order valence-electron chi connectivity index (χ0n) is 7.68. The van der Waals surface area contributed by atoms with E-state index in [-0.39, 0.29) is 0 Å². The Morgan fingerprint density at radius 3 is 2.79 bits per heavy atom. The number of hydrogen-bond acceptors (Lipinski definition) is 3. The monoisotopic (exact) mass is 212 g/mol. The van der Waals surface area contributed by atoms with Gasteiger partial charge in [0.1, 0.15) is 0 Å². The van der Waals surface area contributed by atoms with Crippen molar-refractivity contribution in [3.05, 3.63) is 29.8 Å². The highest BCUT2D eigenvalue weighted by Gasteiger charge is 2.29. The van der Waals surface area contributed by atoms with Crippen LogP contribution in [0.4, 0.5) is 0 Å². The number of rotatable bonds is 0. The maximum Gasteiger partial charge on any atom is 0.205 e. The van der Waals surface area contributed by atoms with Crippen LogP contribution in [0.5, 0.6) is 0 Å². The van der Waals surface area contributed by atoms with Crippen LogP contribution < -0.4 is 0 Å². The number of aliphatic hydroxyl groups excluding tert-OH is 1. The van der Waals surface area contributed by atoms with Crippen LogP contribution in [0.3, 0.4) is 0 Å². The van der Waals surface area contributed by atoms with Crippen molar-refractivity contribution in [3.63, 3.8) is 0 Å². The Morgan fingerprint density at radius 2 is 2.00 bits per heavy atom. The minimum atomic E-state index is -3.50. The fourth-order valence-electron chi connectivity index (χ4n) is 1.76. The molecule has 0 amide bonds. The highest BCUT2D eigenvalue weighted by atomic mass is 32.2. The summed E-state index contributed by atoms with van der Waals surface area (Å²) in [4.78, 5) is 0.296. The quantitative estimate of drug-likeness (QED) is 0.701. The number of sulfone groups is 1. The van der Waals surface area contributed by atoms with Crippen LogP contribution in [0.2, 0.25) is 0 Å². The fourth-order valence-corrected chi connectivity index (χ4v) is 3.33. The summed E-state index contributed by atoms with van der Waals surface area (Å²) in [5.41, 5.74) is -0.407. The molecule has 0 radical (unpaired) electrons. The van der Waals surface area contributed by atoms with Gasteiger partial charge in [-0.15, -0.1) is 0 Å². The standard InChI is InChI=1S/C10H12O3S/c11-10-7-3-5-8-4-1-2-6-9(8)14(10,12)13/h1-2,4,6,10-11H,3,5,7H2. The Kier molecular flexibility index (Phi) is 2.33. The van der Waals surface area contributed by atoms with Gasteiger partial charge in [0, 0.05) is 0 Å². The van der Waals surface area contributed by atoms with Gasteiger partial charge in [-0.3, -0.25) is 0 Å². The van der Waals surface area contributed by atoms with Crippen LogP contribution in [0, 0.1) is 0 Å². The molecule has 1 aromatic rings. The highest BCUT2D eigenvalue weighted by Crippen LogP contribution is 2.26. The topological polar surface area (TPSA) is 54.4 Å². The summed E-state index contributed by atoms with van der Waals surface area (Å²) in [7, 11) is -3.50. The largest absolute Gasteiger partial charge is 0.377 e. The molecular formula is C10H12O3S. The van der Waals surface area contributed by atoms with Crippen LogP contribution in [0.1, 0.15) is 18.4 Å². The summed E-state index contributed by atoms with van der Waals surface area (Å²) in [6, 6.07) is 6.89. The van der Waals surface area contributed by atoms with Crippen LogP contribution in [-0.4, -0.2) is 19.0 Å². The van der Waals surface area contributed by atoms with Crippen molar-refractivity contribution in [1.29, 1.82) is 0 Å². The smallest absolute Gasteiger partial charge is 0.205 e. The molecule has 1 aliphatic rings. The van der Waals surface area contributed by atoms with Gasteiger partial charge >= 0.3 is 0 Å². The molecular weight excluding hydrogens is 200 g/mol. The van der Waals surface area contributed by atoms with Crippen molar-refractivity contribution in [3.8, 4) is 0 Å². The molecule has 1 atom stereocenters. The zero-order chi connectivity index (χ0) is 10.2. The third kappa shape index (κ3) is 1.44. The van der Waals surface area contributed by atoms with E-state index in [9.17, 15) is 13.5 Å². The molecule has 1 aliphatic heterocycles. The Bertz CT molecular complexity index is 436. The van der Waals surface area contributed by atoms with E-state index in [4.69, 9.17) is 0 Å². The first-order valence-electron chi connectivity index (χ1n) is 4.62. The molecule has 1 unspecified atom stereocenters. The zero-order valence-corrected chi connectivity index (χ0v) is 8.50. The van der Waals surface area contributed by atoms with Gasteiger partial charge in [-0.2, -0.15) is 0 Å². The van der Waals surface area contributed by atoms with Crippen LogP contribution >= 0.6 is 0 Å². The van der Waals surface area contributed by atoms with Crippen molar-refractivity contribution in [2.45, 2.75) is 29.6 Å². The van der Waals surface area contributed by atoms with Gasteiger partial charge in [0.2, 0.25) is 9.84 Å². The van der Waals surface area contributed by atoms with E-state index in [1.54, 1.807) is 12.1 Å². The van der Waals surface area contributed by atoms with Crippen molar-refractivity contribution in [2.24, 2.45) is 0 Å². The molecule has 1 heterocycles. The van der Waals surface area contributed by atoms with E-state index in [0.29, 0.717) is 11.3 Å². The summed E-state index contributed by atoms with van der Waals surface area (Å²) < 4.78 is 23.5. The first kappa shape index (κ1) is 9.68. The summed E-state index contributed by atoms with van der Waals surface area (Å²) in [6.07, 6.45) is 1.78. The van der Waals surface area contributed by atoms with E-state index in [0.717, 1.165) is 18.4 Å². The predicted molar refractivity (Wildman–Crippen MR) is 52.6 cm³/mol. The average molecular weight is 212 g/mol. The first-order chi connectivity index (χ1) is 6.62. The maximum atomic E-state index is 11.8. The molecule has 0 saturated carbocycles. The van der Waals surface area contributed by atoms with Gasteiger partial charge in [-0.05, 0) is 30.9 Å². The molecule has 4 heteroatoms. The third-order valence-corrected chi connectivity index (χ3v) is 4.50. The fraction of sp³-hybridized carbons (Fsp3) is 0.400. The molecule has 1 N–H and O–H groups in total. The summed E-state index contributed by atoms with van der Waals surface area (Å²) in [5.74, 6) is 0. The van der Waals surface area contributed by atoms with Crippen molar-refractivity contribution >= 4 is 9.84 Å². The molecule has 0 aromatic heterocycles. The molecule has 0 bridgehead atoms. The van der Waals surface area contributed by atoms with Crippen LogP contribution in [0.15, 0.2) is 29.2 Å². The number of benzene rings is 1. The third-order valence-electron chi connectivity index (χ3n) is 2.53. The van der Waals surface area contributed by atoms with Gasteiger partial charge in [0.25, 0.3) is 0 Å². The molecule has 0 saturated heterocycles. The lowest BCUT2D eigenvalue weighted by atomic mass is 10.1. The molecule has 1 aromatic carbocycles. The van der Waals surface area contributed by atoms with E-state index in [1.807, 2.05) is 12.1 Å². The van der Waals surface area contributed by atoms with E-state index in [1.165, 1.54) is 0 Å². The second-order valence-corrected chi connectivity index (χ2v) is 5.57. The SMILES string of the molecule is O=S1(=O)c2ccccc2CCCC1O. The van der Waals surface area contributed by atoms with Gasteiger partial charge in [0.15, 0.2) is 5.44 Å². The number of hydrogen-bond donors (Lipinski definition) is 1. The summed E-state index contributed by atoms with van der Waals surface area (Å²) in [6.45, 7) is 0. The Balaban J connectivity index is 2.63. The molecule has 76 valence electrons. The normalized spacial score (nSPS) is 25.1. The van der Waals surface area contributed by atoms with Crippen molar-refractivity contribution < 1.29 is 13.5 Å². The highest BCUT2D eigenvalue weighted by molar-refractivity contribution is 7.92. The maximum absolute atomic E-state index is 11.8. The summed E-state index contributed by atoms with van der Waals surface area (Å²) in [5, 5.41) is 9.48. The molecule has 0 fully saturated rings. The summed E-state index contributed by atoms with van der Waals surface area (Å²) >= 11 is 0. The molecule has 14 heavy (non-hydrogen) atoms. The lowest BCUT2D eigenvalue weighted by molar-refractivity contribution is 0.237. The average Bonchev–Trinajstić information content (AvgIpc) is 2.27. The van der Waals surface area contributed by atoms with Crippen molar-refractivity contribution in [2.75, 3.05) is 0 Å². The van der Waals surface area contributed by atoms with Gasteiger partial charge in [0.05, 0.1) is 4.90 Å².